The first-order valence-electron chi connectivity index (χ1n) is 14.0. The molecule has 5 rings (SSSR count). The molecule has 3 unspecified atom stereocenters. The molecule has 0 radical (unpaired) electrons. The molecule has 0 bridgehead atoms. The number of rotatable bonds is 5. The van der Waals surface area contributed by atoms with Crippen LogP contribution in [0.1, 0.15) is 36.9 Å². The highest BCUT2D eigenvalue weighted by molar-refractivity contribution is 6.00. The Labute approximate surface area is 258 Å². The fraction of sp³-hybridized carbons (Fsp3) is 0.433. The first-order chi connectivity index (χ1) is 21.5. The lowest BCUT2D eigenvalue weighted by molar-refractivity contribution is -0.192. The maximum Gasteiger partial charge on any atom is 0.490 e. The Kier molecular flexibility index (Phi) is 9.89. The van der Waals surface area contributed by atoms with Crippen molar-refractivity contribution in [1.82, 2.24) is 15.2 Å². The number of pyridine rings is 1. The van der Waals surface area contributed by atoms with E-state index in [0.29, 0.717) is 24.3 Å². The Morgan fingerprint density at radius 2 is 1.70 bits per heavy atom. The van der Waals surface area contributed by atoms with Gasteiger partial charge in [-0.15, -0.1) is 0 Å². The molecule has 9 nitrogen and oxygen atoms in total. The quantitative estimate of drug-likeness (QED) is 0.273. The number of fused-ring (bicyclic) bond motifs is 2. The lowest BCUT2D eigenvalue weighted by atomic mass is 9.65. The third-order valence-electron chi connectivity index (χ3n) is 8.39. The molecule has 3 atom stereocenters. The zero-order valence-electron chi connectivity index (χ0n) is 24.9. The minimum Gasteiger partial charge on any atom is -0.493 e. The largest absolute Gasteiger partial charge is 0.493 e. The lowest BCUT2D eigenvalue weighted by Crippen LogP contribution is -2.52. The van der Waals surface area contributed by atoms with Crippen molar-refractivity contribution in [3.05, 3.63) is 59.5 Å². The number of carbonyl (C=O) groups is 2. The van der Waals surface area contributed by atoms with Gasteiger partial charge < -0.3 is 30.1 Å². The highest BCUT2D eigenvalue weighted by Crippen LogP contribution is 2.50. The van der Waals surface area contributed by atoms with Gasteiger partial charge in [0.1, 0.15) is 17.0 Å². The number of carboxylic acid groups (broad SMARTS) is 1. The van der Waals surface area contributed by atoms with Crippen molar-refractivity contribution in [1.29, 1.82) is 0 Å². The van der Waals surface area contributed by atoms with Crippen LogP contribution in [0.3, 0.4) is 0 Å². The standard InChI is InChI=1S/C28H30F4N4O3.C2HF3O2/c1-36-12-11-27(16-7-8-21(38-2)22(13-16)39-3)10-9-17(14-24(27)36)33-26(37)34-20-15-23(28(30,31)32)35-25-18(20)5-4-6-19(25)29;3-2(4,5)1(6)7/h4-8,13,15,17,24H,9-12,14H2,1-3H3,(H2,33,34,35,37);(H,6,7). The zero-order valence-corrected chi connectivity index (χ0v) is 24.9. The number of para-hydroxylation sites is 1. The monoisotopic (exact) mass is 660 g/mol. The van der Waals surface area contributed by atoms with Crippen LogP contribution in [0, 0.1) is 5.82 Å². The van der Waals surface area contributed by atoms with Crippen LogP contribution in [0.5, 0.6) is 11.5 Å². The van der Waals surface area contributed by atoms with Gasteiger partial charge in [0.15, 0.2) is 11.5 Å². The fourth-order valence-electron chi connectivity index (χ4n) is 6.20. The van der Waals surface area contributed by atoms with E-state index in [1.54, 1.807) is 14.2 Å². The summed E-state index contributed by atoms with van der Waals surface area (Å²) >= 11 is 0. The number of hydrogen-bond acceptors (Lipinski definition) is 6. The number of halogens is 7. The summed E-state index contributed by atoms with van der Waals surface area (Å²) in [6.45, 7) is 0.896. The van der Waals surface area contributed by atoms with Gasteiger partial charge in [0, 0.05) is 22.9 Å². The molecule has 1 saturated heterocycles. The Morgan fingerprint density at radius 3 is 2.30 bits per heavy atom. The van der Waals surface area contributed by atoms with Crippen LogP contribution in [0.15, 0.2) is 42.5 Å². The first-order valence-corrected chi connectivity index (χ1v) is 14.0. The van der Waals surface area contributed by atoms with E-state index in [9.17, 15) is 35.5 Å². The number of alkyl halides is 6. The predicted octanol–water partition coefficient (Wildman–Crippen LogP) is 6.36. The van der Waals surface area contributed by atoms with E-state index in [4.69, 9.17) is 19.4 Å². The van der Waals surface area contributed by atoms with Gasteiger partial charge in [-0.1, -0.05) is 18.2 Å². The van der Waals surface area contributed by atoms with Gasteiger partial charge in [0.25, 0.3) is 0 Å². The molecule has 250 valence electrons. The van der Waals surface area contributed by atoms with Gasteiger partial charge in [-0.05, 0) is 69.1 Å². The van der Waals surface area contributed by atoms with E-state index >= 15 is 0 Å². The SMILES string of the molecule is COc1ccc(C23CCC(NC(=O)Nc4cc(C(F)(F)F)nc5c(F)cccc45)CC2N(C)CC3)cc1OC.O=C(O)C(F)(F)F. The normalized spacial score (nSPS) is 21.5. The summed E-state index contributed by atoms with van der Waals surface area (Å²) in [6, 6.07) is 9.85. The number of anilines is 1. The van der Waals surface area contributed by atoms with Crippen molar-refractivity contribution < 1.29 is 54.9 Å². The summed E-state index contributed by atoms with van der Waals surface area (Å²) in [5.41, 5.74) is -0.850. The molecule has 1 aromatic heterocycles. The number of carboxylic acids is 1. The molecule has 0 spiro atoms. The second-order valence-corrected chi connectivity index (χ2v) is 11.0. The molecular weight excluding hydrogens is 629 g/mol. The Hall–Kier alpha value is -4.34. The van der Waals surface area contributed by atoms with Gasteiger partial charge in [-0.25, -0.2) is 19.0 Å². The minimum atomic E-state index is -5.08. The van der Waals surface area contributed by atoms with Gasteiger partial charge in [0.2, 0.25) is 0 Å². The van der Waals surface area contributed by atoms with Crippen LogP contribution >= 0.6 is 0 Å². The summed E-state index contributed by atoms with van der Waals surface area (Å²) in [7, 11) is 5.26. The smallest absolute Gasteiger partial charge is 0.490 e. The van der Waals surface area contributed by atoms with E-state index in [1.807, 2.05) is 12.1 Å². The third-order valence-corrected chi connectivity index (χ3v) is 8.39. The van der Waals surface area contributed by atoms with Crippen molar-refractivity contribution in [3.63, 3.8) is 0 Å². The minimum absolute atomic E-state index is 0.0878. The molecule has 3 N–H and O–H groups in total. The van der Waals surface area contributed by atoms with Crippen molar-refractivity contribution in [2.24, 2.45) is 0 Å². The van der Waals surface area contributed by atoms with E-state index < -0.39 is 41.4 Å². The number of likely N-dealkylation sites (tertiary alicyclic amines) is 1. The number of benzene rings is 2. The van der Waals surface area contributed by atoms with Crippen molar-refractivity contribution in [2.45, 2.75) is 55.5 Å². The van der Waals surface area contributed by atoms with E-state index in [1.165, 1.54) is 12.1 Å². The fourth-order valence-corrected chi connectivity index (χ4v) is 6.20. The summed E-state index contributed by atoms with van der Waals surface area (Å²) in [4.78, 5) is 27.6. The van der Waals surface area contributed by atoms with Crippen molar-refractivity contribution >= 4 is 28.6 Å². The first kappa shape index (κ1) is 34.5. The molecule has 3 aromatic rings. The number of carbonyl (C=O) groups excluding carboxylic acids is 1. The number of aromatic nitrogens is 1. The number of nitrogens with one attached hydrogen (secondary N) is 2. The zero-order chi connectivity index (χ0) is 34.0. The average Bonchev–Trinajstić information content (AvgIpc) is 3.33. The number of nitrogens with zero attached hydrogens (tertiary/aromatic N) is 2. The Balaban J connectivity index is 0.000000617. The second kappa shape index (κ2) is 13.2. The predicted molar refractivity (Wildman–Crippen MR) is 152 cm³/mol. The molecule has 46 heavy (non-hydrogen) atoms. The van der Waals surface area contributed by atoms with E-state index in [0.717, 1.165) is 37.1 Å². The topological polar surface area (TPSA) is 113 Å². The molecule has 1 aliphatic carbocycles. The Bertz CT molecular complexity index is 1600. The number of amides is 2. The summed E-state index contributed by atoms with van der Waals surface area (Å²) in [5.74, 6) is -2.33. The molecule has 1 aliphatic heterocycles. The van der Waals surface area contributed by atoms with Crippen LogP contribution in [0.4, 0.5) is 41.2 Å². The van der Waals surface area contributed by atoms with E-state index in [-0.39, 0.29) is 28.6 Å². The maximum absolute atomic E-state index is 14.3. The average molecular weight is 661 g/mol. The number of urea groups is 1. The molecule has 2 amide bonds. The number of aliphatic carboxylic acids is 1. The van der Waals surface area contributed by atoms with Gasteiger partial charge in [-0.2, -0.15) is 26.3 Å². The molecule has 1 saturated carbocycles. The lowest BCUT2D eigenvalue weighted by Gasteiger charge is -2.45. The van der Waals surface area contributed by atoms with Crippen LogP contribution in [-0.2, 0) is 16.4 Å². The van der Waals surface area contributed by atoms with Crippen LogP contribution in [0.2, 0.25) is 0 Å². The number of hydrogen-bond donors (Lipinski definition) is 3. The highest BCUT2D eigenvalue weighted by Gasteiger charge is 2.50. The number of ether oxygens (including phenoxy) is 2. The van der Waals surface area contributed by atoms with Gasteiger partial charge in [0.05, 0.1) is 19.9 Å². The molecule has 2 heterocycles. The van der Waals surface area contributed by atoms with Gasteiger partial charge >= 0.3 is 24.4 Å². The third kappa shape index (κ3) is 7.21. The molecule has 2 aromatic carbocycles. The Morgan fingerprint density at radius 1 is 1.02 bits per heavy atom. The maximum atomic E-state index is 14.3. The summed E-state index contributed by atoms with van der Waals surface area (Å²) < 4.78 is 97.3. The highest BCUT2D eigenvalue weighted by atomic mass is 19.4. The molecule has 16 heteroatoms. The number of likely N-dealkylation sites (N-methyl/N-ethyl adjacent to an activating group) is 1. The van der Waals surface area contributed by atoms with Crippen LogP contribution in [0.25, 0.3) is 10.9 Å². The second-order valence-electron chi connectivity index (χ2n) is 11.0. The van der Waals surface area contributed by atoms with Crippen LogP contribution in [-0.4, -0.2) is 73.1 Å². The van der Waals surface area contributed by atoms with Gasteiger partial charge in [-0.3, -0.25) is 0 Å². The van der Waals surface area contributed by atoms with E-state index in [2.05, 4.69) is 33.6 Å². The molecule has 2 fully saturated rings. The van der Waals surface area contributed by atoms with Crippen LogP contribution < -0.4 is 20.1 Å². The van der Waals surface area contributed by atoms with Crippen molar-refractivity contribution in [3.8, 4) is 11.5 Å². The summed E-state index contributed by atoms with van der Waals surface area (Å²) in [6.07, 6.45) is -6.77. The molecule has 2 aliphatic rings. The summed E-state index contributed by atoms with van der Waals surface area (Å²) in [5, 5.41) is 12.7. The van der Waals surface area contributed by atoms with Crippen molar-refractivity contribution in [2.75, 3.05) is 33.1 Å². The molecular formula is C30H31F7N4O5. The number of methoxy groups -OCH3 is 2.